The number of carbonyl (C=O) groups is 1. The Bertz CT molecular complexity index is 101. The average Bonchev–Trinajstić information content (AvgIpc) is 1.62. The van der Waals surface area contributed by atoms with Crippen molar-refractivity contribution < 1.29 is 25.9 Å². The molecule has 1 rings (SSSR count). The quantitative estimate of drug-likeness (QED) is 0.751. The van der Waals surface area contributed by atoms with Crippen LogP contribution < -0.4 is 0 Å². The van der Waals surface area contributed by atoms with Crippen LogP contribution in [0.1, 0.15) is 19.8 Å². The van der Waals surface area contributed by atoms with E-state index in [0.29, 0.717) is 12.2 Å². The first-order valence-corrected chi connectivity index (χ1v) is 3.04. The molecule has 0 aromatic heterocycles. The summed E-state index contributed by atoms with van der Waals surface area (Å²) in [7, 11) is 0. The molecule has 1 saturated heterocycles. The average molecular weight is 296 g/mol. The van der Waals surface area contributed by atoms with E-state index >= 15 is 0 Å². The smallest absolute Gasteiger partial charge is 0.653 e. The maximum absolute atomic E-state index is 10.7. The molecule has 0 bridgehead atoms. The Kier molecular flexibility index (Phi) is 4.33. The fourth-order valence-corrected chi connectivity index (χ4v) is 0.757. The Labute approximate surface area is 69.7 Å². The molecule has 0 aliphatic carbocycles. The van der Waals surface area contributed by atoms with Gasteiger partial charge in [0.2, 0.25) is 0 Å². The number of hydrogen-bond acceptors (Lipinski definition) is 1. The van der Waals surface area contributed by atoms with Crippen molar-refractivity contribution in [2.24, 2.45) is 0 Å². The van der Waals surface area contributed by atoms with Crippen LogP contribution in [0.3, 0.4) is 0 Å². The molecular weight excluding hydrogens is 286 g/mol. The van der Waals surface area contributed by atoms with Gasteiger partial charge in [-0.25, -0.2) is 0 Å². The molecule has 0 spiro atoms. The van der Waals surface area contributed by atoms with E-state index in [2.05, 4.69) is 5.32 Å². The summed E-state index contributed by atoms with van der Waals surface area (Å²) < 4.78 is 0. The Hall–Kier alpha value is 0.318. The molecule has 2 nitrogen and oxygen atoms in total. The Morgan fingerprint density at radius 2 is 2.33 bits per heavy atom. The zero-order valence-corrected chi connectivity index (χ0v) is 8.40. The predicted octanol–water partition coefficient (Wildman–Crippen LogP) is 1.11. The van der Waals surface area contributed by atoms with Crippen molar-refractivity contribution in [1.82, 2.24) is 0 Å². The van der Waals surface area contributed by atoms with Crippen molar-refractivity contribution in [3.8, 4) is 0 Å². The van der Waals surface area contributed by atoms with Crippen molar-refractivity contribution in [2.75, 3.05) is 6.54 Å². The summed E-state index contributed by atoms with van der Waals surface area (Å²) >= 11 is 0. The number of Topliss-reactive ketones (excluding diaryl/α,β-unsaturated/α-hetero) is 1. The molecule has 1 fully saturated rings. The number of hydrogen-bond donors (Lipinski definition) is 0. The minimum atomic E-state index is 0. The molecule has 1 unspecified atom stereocenters. The second kappa shape index (κ2) is 4.18. The zero-order chi connectivity index (χ0) is 5.98. The van der Waals surface area contributed by atoms with Gasteiger partial charge in [0.1, 0.15) is 5.78 Å². The van der Waals surface area contributed by atoms with E-state index in [-0.39, 0.29) is 27.1 Å². The van der Waals surface area contributed by atoms with Gasteiger partial charge < -0.3 is 10.1 Å². The summed E-state index contributed by atoms with van der Waals surface area (Å²) in [5.41, 5.74) is 0. The van der Waals surface area contributed by atoms with Crippen LogP contribution in [0.15, 0.2) is 0 Å². The number of nitrogens with zero attached hydrogens (tertiary/aromatic N) is 1. The molecule has 1 atom stereocenters. The predicted molar refractivity (Wildman–Crippen MR) is 31.9 cm³/mol. The summed E-state index contributed by atoms with van der Waals surface area (Å²) in [5, 5.41) is 3.99. The van der Waals surface area contributed by atoms with Gasteiger partial charge in [0, 0.05) is 6.42 Å². The van der Waals surface area contributed by atoms with Crippen LogP contribution in [0.25, 0.3) is 5.32 Å². The van der Waals surface area contributed by atoms with Crippen molar-refractivity contribution in [3.05, 3.63) is 5.32 Å². The van der Waals surface area contributed by atoms with E-state index in [9.17, 15) is 4.79 Å². The Morgan fingerprint density at radius 1 is 1.78 bits per heavy atom. The van der Waals surface area contributed by atoms with Crippen LogP contribution >= 0.6 is 0 Å². The topological polar surface area (TPSA) is 31.2 Å². The SMILES string of the molecule is CCC(=O)C1CC[N-]1.[W+2]. The first kappa shape index (κ1) is 9.32. The minimum Gasteiger partial charge on any atom is -0.653 e. The molecule has 9 heavy (non-hydrogen) atoms. The standard InChI is InChI=1S/C6H10NO.W/c1-2-6(8)5-3-4-7-5;/h5H,2-4H2,1H3;/q-1;+2. The number of carbonyl (C=O) groups excluding carboxylic acids is 1. The maximum atomic E-state index is 10.7. The molecule has 0 saturated carbocycles. The molecule has 1 aliphatic heterocycles. The van der Waals surface area contributed by atoms with E-state index in [0.717, 1.165) is 13.0 Å². The van der Waals surface area contributed by atoms with Gasteiger partial charge in [-0.15, -0.1) is 6.54 Å². The van der Waals surface area contributed by atoms with Gasteiger partial charge >= 0.3 is 21.1 Å². The monoisotopic (exact) mass is 296 g/mol. The van der Waals surface area contributed by atoms with Crippen LogP contribution in [-0.2, 0) is 25.9 Å². The second-order valence-corrected chi connectivity index (χ2v) is 2.03. The van der Waals surface area contributed by atoms with E-state index < -0.39 is 0 Å². The van der Waals surface area contributed by atoms with Crippen molar-refractivity contribution in [2.45, 2.75) is 25.8 Å². The van der Waals surface area contributed by atoms with Gasteiger partial charge in [0.05, 0.1) is 0 Å². The first-order valence-electron chi connectivity index (χ1n) is 3.04. The van der Waals surface area contributed by atoms with Gasteiger partial charge in [0.25, 0.3) is 0 Å². The molecule has 3 heteroatoms. The van der Waals surface area contributed by atoms with Gasteiger partial charge in [-0.3, -0.25) is 0 Å². The van der Waals surface area contributed by atoms with Gasteiger partial charge in [-0.05, 0) is 0 Å². The van der Waals surface area contributed by atoms with E-state index in [1.807, 2.05) is 6.92 Å². The van der Waals surface area contributed by atoms with Gasteiger partial charge in [-0.1, -0.05) is 19.4 Å². The van der Waals surface area contributed by atoms with Crippen molar-refractivity contribution in [3.63, 3.8) is 0 Å². The fourth-order valence-electron chi connectivity index (χ4n) is 0.757. The van der Waals surface area contributed by atoms with E-state index in [4.69, 9.17) is 0 Å². The van der Waals surface area contributed by atoms with E-state index in [1.165, 1.54) is 0 Å². The van der Waals surface area contributed by atoms with Crippen LogP contribution in [-0.4, -0.2) is 18.4 Å². The third kappa shape index (κ3) is 2.19. The molecule has 0 amide bonds. The summed E-state index contributed by atoms with van der Waals surface area (Å²) in [5.74, 6) is 0.302. The summed E-state index contributed by atoms with van der Waals surface area (Å²) in [6.45, 7) is 2.78. The van der Waals surface area contributed by atoms with Gasteiger partial charge in [0.15, 0.2) is 0 Å². The van der Waals surface area contributed by atoms with Crippen LogP contribution in [0.5, 0.6) is 0 Å². The Morgan fingerprint density at radius 3 is 2.44 bits per heavy atom. The molecule has 0 radical (unpaired) electrons. The molecule has 1 aliphatic rings. The summed E-state index contributed by atoms with van der Waals surface area (Å²) in [6, 6.07) is 0.0833. The number of ketones is 1. The summed E-state index contributed by atoms with van der Waals surface area (Å²) in [4.78, 5) is 10.7. The van der Waals surface area contributed by atoms with Crippen LogP contribution in [0.4, 0.5) is 0 Å². The van der Waals surface area contributed by atoms with Crippen LogP contribution in [0, 0.1) is 0 Å². The number of rotatable bonds is 2. The molecule has 0 aromatic rings. The first-order chi connectivity index (χ1) is 3.84. The largest absolute Gasteiger partial charge is 2.00 e. The molecule has 50 valence electrons. The van der Waals surface area contributed by atoms with Crippen molar-refractivity contribution in [1.29, 1.82) is 0 Å². The zero-order valence-electron chi connectivity index (χ0n) is 5.46. The molecule has 0 aromatic carbocycles. The van der Waals surface area contributed by atoms with Crippen LogP contribution in [0.2, 0.25) is 0 Å². The minimum absolute atomic E-state index is 0. The Balaban J connectivity index is 0.000000640. The molecular formula is C6H10NOW+. The van der Waals surface area contributed by atoms with Gasteiger partial charge in [-0.2, -0.15) is 0 Å². The van der Waals surface area contributed by atoms with Crippen molar-refractivity contribution >= 4 is 5.78 Å². The molecule has 1 heterocycles. The molecule has 0 N–H and O–H groups in total. The third-order valence-corrected chi connectivity index (χ3v) is 1.47. The maximum Gasteiger partial charge on any atom is 2.00 e. The second-order valence-electron chi connectivity index (χ2n) is 2.03. The normalized spacial score (nSPS) is 23.9. The fraction of sp³-hybridized carbons (Fsp3) is 0.833. The van der Waals surface area contributed by atoms with E-state index in [1.54, 1.807) is 0 Å². The third-order valence-electron chi connectivity index (χ3n) is 1.47. The summed E-state index contributed by atoms with van der Waals surface area (Å²) in [6.07, 6.45) is 1.64.